The summed E-state index contributed by atoms with van der Waals surface area (Å²) in [5, 5.41) is 12.3. The zero-order chi connectivity index (χ0) is 18.5. The number of nitrogens with one attached hydrogen (secondary N) is 2. The number of carboxylic acid groups (broad SMARTS) is 1. The monoisotopic (exact) mass is 333 g/mol. The third kappa shape index (κ3) is 14.9. The van der Waals surface area contributed by atoms with E-state index in [1.165, 1.54) is 0 Å². The molecule has 0 bridgehead atoms. The van der Waals surface area contributed by atoms with Crippen LogP contribution in [0.15, 0.2) is 0 Å². The van der Waals surface area contributed by atoms with Crippen molar-refractivity contribution in [2.45, 2.75) is 59.1 Å². The van der Waals surface area contributed by atoms with Crippen LogP contribution in [0.4, 0.5) is 4.79 Å². The lowest BCUT2D eigenvalue weighted by molar-refractivity contribution is -0.124. The van der Waals surface area contributed by atoms with E-state index in [-0.39, 0.29) is 18.3 Å². The fraction of sp³-hybridized carbons (Fsp3) is 0.800. The van der Waals surface area contributed by atoms with Crippen molar-refractivity contribution in [3.8, 4) is 0 Å². The average molecular weight is 333 g/mol. The summed E-state index contributed by atoms with van der Waals surface area (Å²) in [5.41, 5.74) is 4.81. The van der Waals surface area contributed by atoms with Crippen LogP contribution in [-0.2, 0) is 14.3 Å². The molecule has 2 amide bonds. The molecule has 8 heteroatoms. The van der Waals surface area contributed by atoms with E-state index in [9.17, 15) is 9.59 Å². The highest BCUT2D eigenvalue weighted by molar-refractivity contribution is 5.85. The van der Waals surface area contributed by atoms with Gasteiger partial charge in [-0.2, -0.15) is 0 Å². The van der Waals surface area contributed by atoms with Crippen LogP contribution < -0.4 is 16.4 Å². The van der Waals surface area contributed by atoms with Crippen LogP contribution in [0, 0.1) is 5.92 Å². The van der Waals surface area contributed by atoms with Crippen molar-refractivity contribution in [2.75, 3.05) is 13.1 Å². The Kier molecular flexibility index (Phi) is 12.9. The number of amides is 2. The number of carbonyl (C=O) groups excluding carboxylic acids is 2. The standard InChI is InChI=1S/C14H29N3O3.CH2O2/c1-10(2)11(12(18)16-9-7-6-8-15)17-13(19)20-14(3,4)5;2-1-3/h10-11H,6-9,15H2,1-5H3,(H,16,18)(H,17,19);1H,(H,2,3). The molecular formula is C15H31N3O5. The first-order valence-corrected chi connectivity index (χ1v) is 7.64. The second kappa shape index (κ2) is 12.7. The maximum absolute atomic E-state index is 12.0. The Hall–Kier alpha value is -1.83. The Labute approximate surface area is 138 Å². The molecule has 5 N–H and O–H groups in total. The van der Waals surface area contributed by atoms with Crippen LogP contribution >= 0.6 is 0 Å². The summed E-state index contributed by atoms with van der Waals surface area (Å²) in [6.45, 7) is 10.0. The topological polar surface area (TPSA) is 131 Å². The number of ether oxygens (including phenoxy) is 1. The molecule has 0 saturated heterocycles. The maximum atomic E-state index is 12.0. The molecule has 1 atom stereocenters. The lowest BCUT2D eigenvalue weighted by atomic mass is 10.0. The molecule has 0 spiro atoms. The molecule has 0 rings (SSSR count). The van der Waals surface area contributed by atoms with Crippen molar-refractivity contribution in [1.29, 1.82) is 0 Å². The summed E-state index contributed by atoms with van der Waals surface area (Å²) < 4.78 is 5.16. The van der Waals surface area contributed by atoms with Gasteiger partial charge in [-0.05, 0) is 46.1 Å². The second-order valence-corrected chi connectivity index (χ2v) is 6.26. The lowest BCUT2D eigenvalue weighted by Crippen LogP contribution is -2.51. The molecule has 23 heavy (non-hydrogen) atoms. The minimum atomic E-state index is -0.595. The minimum absolute atomic E-state index is 0.0166. The summed E-state index contributed by atoms with van der Waals surface area (Å²) in [6, 6.07) is -0.595. The van der Waals surface area contributed by atoms with Crippen molar-refractivity contribution in [1.82, 2.24) is 10.6 Å². The molecule has 0 aromatic carbocycles. The predicted octanol–water partition coefficient (Wildman–Crippen LogP) is 1.09. The summed E-state index contributed by atoms with van der Waals surface area (Å²) in [6.07, 6.45) is 1.12. The molecule has 136 valence electrons. The van der Waals surface area contributed by atoms with E-state index in [0.717, 1.165) is 12.8 Å². The van der Waals surface area contributed by atoms with Gasteiger partial charge < -0.3 is 26.2 Å². The molecular weight excluding hydrogens is 302 g/mol. The Morgan fingerprint density at radius 3 is 2.17 bits per heavy atom. The number of carbonyl (C=O) groups is 3. The van der Waals surface area contributed by atoms with E-state index in [0.29, 0.717) is 13.1 Å². The van der Waals surface area contributed by atoms with Crippen molar-refractivity contribution < 1.29 is 24.2 Å². The molecule has 0 heterocycles. The van der Waals surface area contributed by atoms with Crippen LogP contribution in [0.3, 0.4) is 0 Å². The van der Waals surface area contributed by atoms with Gasteiger partial charge >= 0.3 is 6.09 Å². The normalized spacial score (nSPS) is 11.8. The number of alkyl carbamates (subject to hydrolysis) is 1. The van der Waals surface area contributed by atoms with Gasteiger partial charge in [-0.3, -0.25) is 9.59 Å². The van der Waals surface area contributed by atoms with E-state index >= 15 is 0 Å². The summed E-state index contributed by atoms with van der Waals surface area (Å²) in [7, 11) is 0. The minimum Gasteiger partial charge on any atom is -0.483 e. The molecule has 0 aliphatic carbocycles. The Morgan fingerprint density at radius 2 is 1.78 bits per heavy atom. The van der Waals surface area contributed by atoms with Gasteiger partial charge in [0.1, 0.15) is 11.6 Å². The molecule has 1 unspecified atom stereocenters. The molecule has 0 radical (unpaired) electrons. The van der Waals surface area contributed by atoms with Crippen molar-refractivity contribution in [2.24, 2.45) is 11.7 Å². The van der Waals surface area contributed by atoms with Gasteiger partial charge in [-0.15, -0.1) is 0 Å². The molecule has 0 aromatic rings. The quantitative estimate of drug-likeness (QED) is 0.407. The lowest BCUT2D eigenvalue weighted by Gasteiger charge is -2.25. The highest BCUT2D eigenvalue weighted by atomic mass is 16.6. The van der Waals surface area contributed by atoms with Gasteiger partial charge in [0.15, 0.2) is 0 Å². The van der Waals surface area contributed by atoms with Gasteiger partial charge in [0.2, 0.25) is 5.91 Å². The highest BCUT2D eigenvalue weighted by Gasteiger charge is 2.26. The molecule has 0 saturated carbocycles. The first-order valence-electron chi connectivity index (χ1n) is 7.64. The van der Waals surface area contributed by atoms with E-state index in [2.05, 4.69) is 10.6 Å². The van der Waals surface area contributed by atoms with Gasteiger partial charge in [0.05, 0.1) is 0 Å². The first kappa shape index (κ1) is 23.4. The van der Waals surface area contributed by atoms with Crippen LogP contribution in [0.1, 0.15) is 47.5 Å². The van der Waals surface area contributed by atoms with Crippen molar-refractivity contribution in [3.05, 3.63) is 0 Å². The number of unbranched alkanes of at least 4 members (excludes halogenated alkanes) is 1. The SMILES string of the molecule is CC(C)C(NC(=O)OC(C)(C)C)C(=O)NCCCCN.O=CO. The Bertz CT molecular complexity index is 354. The predicted molar refractivity (Wildman–Crippen MR) is 88.0 cm³/mol. The number of hydrogen-bond donors (Lipinski definition) is 4. The summed E-state index contributed by atoms with van der Waals surface area (Å²) in [5.74, 6) is -0.208. The average Bonchev–Trinajstić information content (AvgIpc) is 2.39. The number of hydrogen-bond acceptors (Lipinski definition) is 5. The van der Waals surface area contributed by atoms with Crippen LogP contribution in [-0.4, -0.2) is 48.3 Å². The van der Waals surface area contributed by atoms with Crippen LogP contribution in [0.2, 0.25) is 0 Å². The van der Waals surface area contributed by atoms with Crippen molar-refractivity contribution >= 4 is 18.5 Å². The molecule has 0 aliphatic heterocycles. The highest BCUT2D eigenvalue weighted by Crippen LogP contribution is 2.08. The zero-order valence-corrected chi connectivity index (χ0v) is 14.7. The van der Waals surface area contributed by atoms with Gasteiger partial charge in [0, 0.05) is 6.54 Å². The van der Waals surface area contributed by atoms with E-state index in [1.807, 2.05) is 13.8 Å². The fourth-order valence-electron chi connectivity index (χ4n) is 1.56. The van der Waals surface area contributed by atoms with Crippen LogP contribution in [0.5, 0.6) is 0 Å². The van der Waals surface area contributed by atoms with E-state index < -0.39 is 17.7 Å². The molecule has 0 aromatic heterocycles. The van der Waals surface area contributed by atoms with Crippen LogP contribution in [0.25, 0.3) is 0 Å². The summed E-state index contributed by atoms with van der Waals surface area (Å²) in [4.78, 5) is 32.1. The third-order valence-electron chi connectivity index (χ3n) is 2.55. The zero-order valence-electron chi connectivity index (χ0n) is 14.7. The summed E-state index contributed by atoms with van der Waals surface area (Å²) >= 11 is 0. The van der Waals surface area contributed by atoms with Gasteiger partial charge in [-0.1, -0.05) is 13.8 Å². The second-order valence-electron chi connectivity index (χ2n) is 6.26. The first-order chi connectivity index (χ1) is 10.6. The van der Waals surface area contributed by atoms with Gasteiger partial charge in [0.25, 0.3) is 6.47 Å². The number of nitrogens with two attached hydrogens (primary N) is 1. The number of rotatable bonds is 7. The molecule has 0 fully saturated rings. The third-order valence-corrected chi connectivity index (χ3v) is 2.55. The van der Waals surface area contributed by atoms with E-state index in [4.69, 9.17) is 20.4 Å². The molecule has 0 aliphatic rings. The fourth-order valence-corrected chi connectivity index (χ4v) is 1.56. The molecule has 8 nitrogen and oxygen atoms in total. The Morgan fingerprint density at radius 1 is 1.26 bits per heavy atom. The van der Waals surface area contributed by atoms with Gasteiger partial charge in [-0.25, -0.2) is 4.79 Å². The maximum Gasteiger partial charge on any atom is 0.408 e. The largest absolute Gasteiger partial charge is 0.483 e. The Balaban J connectivity index is 0. The van der Waals surface area contributed by atoms with Crippen molar-refractivity contribution in [3.63, 3.8) is 0 Å². The smallest absolute Gasteiger partial charge is 0.408 e. The van der Waals surface area contributed by atoms with E-state index in [1.54, 1.807) is 20.8 Å².